The highest BCUT2D eigenvalue weighted by molar-refractivity contribution is 5.65. The SMILES string of the molecule is C=C=CCCCCCCCCCCCCOC(C)=O. The van der Waals surface area contributed by atoms with E-state index in [-0.39, 0.29) is 5.97 Å². The number of allylic oxidation sites excluding steroid dienone is 1. The molecule has 0 spiro atoms. The highest BCUT2D eigenvalue weighted by Crippen LogP contribution is 2.11. The summed E-state index contributed by atoms with van der Waals surface area (Å²) in [4.78, 5) is 10.5. The minimum Gasteiger partial charge on any atom is -0.466 e. The molecule has 0 aromatic heterocycles. The fourth-order valence-corrected chi connectivity index (χ4v) is 2.08. The lowest BCUT2D eigenvalue weighted by atomic mass is 10.1. The van der Waals surface area contributed by atoms with Crippen molar-refractivity contribution in [2.24, 2.45) is 0 Å². The van der Waals surface area contributed by atoms with Gasteiger partial charge in [-0.25, -0.2) is 0 Å². The van der Waals surface area contributed by atoms with Crippen molar-refractivity contribution in [2.75, 3.05) is 6.61 Å². The molecule has 0 unspecified atom stereocenters. The van der Waals surface area contributed by atoms with Crippen LogP contribution in [0.1, 0.15) is 77.6 Å². The van der Waals surface area contributed by atoms with Gasteiger partial charge < -0.3 is 4.74 Å². The van der Waals surface area contributed by atoms with Crippen LogP contribution < -0.4 is 0 Å². The van der Waals surface area contributed by atoms with Crippen molar-refractivity contribution in [3.63, 3.8) is 0 Å². The summed E-state index contributed by atoms with van der Waals surface area (Å²) in [5.41, 5.74) is 2.81. The van der Waals surface area contributed by atoms with Crippen LogP contribution >= 0.6 is 0 Å². The van der Waals surface area contributed by atoms with E-state index in [1.165, 1.54) is 64.7 Å². The van der Waals surface area contributed by atoms with Gasteiger partial charge in [-0.2, -0.15) is 0 Å². The number of carbonyl (C=O) groups is 1. The number of carbonyl (C=O) groups excluding carboxylic acids is 1. The summed E-state index contributed by atoms with van der Waals surface area (Å²) in [7, 11) is 0. The molecule has 0 rings (SSSR count). The smallest absolute Gasteiger partial charge is 0.302 e. The minimum absolute atomic E-state index is 0.163. The first-order valence-electron chi connectivity index (χ1n) is 7.75. The van der Waals surface area contributed by atoms with Gasteiger partial charge in [0.2, 0.25) is 0 Å². The molecule has 19 heavy (non-hydrogen) atoms. The molecule has 0 atom stereocenters. The molecule has 110 valence electrons. The van der Waals surface area contributed by atoms with Crippen LogP contribution in [-0.2, 0) is 9.53 Å². The Bertz CT molecular complexity index is 240. The standard InChI is InChI=1S/C17H30O2/c1-3-4-5-6-7-8-9-10-11-12-13-14-15-16-19-17(2)18/h4H,1,5-16H2,2H3. The van der Waals surface area contributed by atoms with E-state index in [2.05, 4.69) is 12.3 Å². The van der Waals surface area contributed by atoms with Crippen LogP contribution in [0.4, 0.5) is 0 Å². The predicted molar refractivity (Wildman–Crippen MR) is 81.1 cm³/mol. The van der Waals surface area contributed by atoms with E-state index in [1.54, 1.807) is 0 Å². The molecular formula is C17H30O2. The molecule has 0 fully saturated rings. The topological polar surface area (TPSA) is 26.3 Å². The first-order valence-corrected chi connectivity index (χ1v) is 7.75. The van der Waals surface area contributed by atoms with E-state index in [4.69, 9.17) is 4.74 Å². The average Bonchev–Trinajstić information content (AvgIpc) is 2.39. The van der Waals surface area contributed by atoms with Gasteiger partial charge in [-0.3, -0.25) is 4.79 Å². The first kappa shape index (κ1) is 18.0. The third-order valence-electron chi connectivity index (χ3n) is 3.19. The molecule has 0 radical (unpaired) electrons. The summed E-state index contributed by atoms with van der Waals surface area (Å²) in [5, 5.41) is 0. The number of esters is 1. The van der Waals surface area contributed by atoms with Crippen molar-refractivity contribution in [1.29, 1.82) is 0 Å². The fraction of sp³-hybridized carbons (Fsp3) is 0.765. The third kappa shape index (κ3) is 17.0. The minimum atomic E-state index is -0.163. The molecule has 0 amide bonds. The predicted octanol–water partition coefficient (Wildman–Crippen LogP) is 5.18. The maximum Gasteiger partial charge on any atom is 0.302 e. The lowest BCUT2D eigenvalue weighted by Gasteiger charge is -2.03. The van der Waals surface area contributed by atoms with Gasteiger partial charge in [0.15, 0.2) is 0 Å². The summed E-state index contributed by atoms with van der Waals surface area (Å²) in [6.45, 7) is 5.62. The molecule has 0 N–H and O–H groups in total. The van der Waals surface area contributed by atoms with Gasteiger partial charge in [0.25, 0.3) is 0 Å². The Hall–Kier alpha value is -1.01. The van der Waals surface area contributed by atoms with Crippen LogP contribution in [0.15, 0.2) is 18.4 Å². The summed E-state index contributed by atoms with van der Waals surface area (Å²) in [6, 6.07) is 0. The maximum absolute atomic E-state index is 10.5. The molecule has 0 aromatic rings. The largest absolute Gasteiger partial charge is 0.466 e. The second kappa shape index (κ2) is 15.0. The van der Waals surface area contributed by atoms with Crippen molar-refractivity contribution >= 4 is 5.97 Å². The Morgan fingerprint density at radius 1 is 0.947 bits per heavy atom. The van der Waals surface area contributed by atoms with Crippen LogP contribution in [0, 0.1) is 0 Å². The van der Waals surface area contributed by atoms with Gasteiger partial charge in [0, 0.05) is 6.92 Å². The highest BCUT2D eigenvalue weighted by Gasteiger charge is 1.94. The summed E-state index contributed by atoms with van der Waals surface area (Å²) in [5.74, 6) is -0.163. The quantitative estimate of drug-likeness (QED) is 0.261. The van der Waals surface area contributed by atoms with Gasteiger partial charge >= 0.3 is 5.97 Å². The normalized spacial score (nSPS) is 9.95. The molecule has 0 heterocycles. The molecule has 0 aliphatic heterocycles. The molecule has 2 heteroatoms. The Morgan fingerprint density at radius 3 is 1.89 bits per heavy atom. The Balaban J connectivity index is 2.99. The van der Waals surface area contributed by atoms with E-state index in [0.29, 0.717) is 6.61 Å². The van der Waals surface area contributed by atoms with Crippen LogP contribution in [0.5, 0.6) is 0 Å². The van der Waals surface area contributed by atoms with Crippen molar-refractivity contribution in [3.8, 4) is 0 Å². The number of hydrogen-bond donors (Lipinski definition) is 0. The second-order valence-electron chi connectivity index (χ2n) is 5.07. The van der Waals surface area contributed by atoms with Gasteiger partial charge in [-0.15, -0.1) is 5.73 Å². The second-order valence-corrected chi connectivity index (χ2v) is 5.07. The van der Waals surface area contributed by atoms with Gasteiger partial charge in [-0.1, -0.05) is 57.9 Å². The number of rotatable bonds is 13. The van der Waals surface area contributed by atoms with Crippen LogP contribution in [0.2, 0.25) is 0 Å². The number of unbranched alkanes of at least 4 members (excludes halogenated alkanes) is 10. The molecule has 0 bridgehead atoms. The van der Waals surface area contributed by atoms with E-state index in [1.807, 2.05) is 6.08 Å². The molecule has 0 saturated carbocycles. The van der Waals surface area contributed by atoms with Crippen LogP contribution in [0.3, 0.4) is 0 Å². The summed E-state index contributed by atoms with van der Waals surface area (Å²) in [6.07, 6.45) is 16.0. The van der Waals surface area contributed by atoms with E-state index in [0.717, 1.165) is 12.8 Å². The molecule has 2 nitrogen and oxygen atoms in total. The average molecular weight is 266 g/mol. The molecular weight excluding hydrogens is 236 g/mol. The van der Waals surface area contributed by atoms with Gasteiger partial charge in [0.1, 0.15) is 0 Å². The molecule has 0 aliphatic carbocycles. The van der Waals surface area contributed by atoms with E-state index in [9.17, 15) is 4.79 Å². The van der Waals surface area contributed by atoms with Gasteiger partial charge in [-0.05, 0) is 25.3 Å². The lowest BCUT2D eigenvalue weighted by molar-refractivity contribution is -0.141. The van der Waals surface area contributed by atoms with Crippen LogP contribution in [-0.4, -0.2) is 12.6 Å². The molecule has 0 aromatic carbocycles. The Morgan fingerprint density at radius 2 is 1.42 bits per heavy atom. The van der Waals surface area contributed by atoms with Crippen molar-refractivity contribution < 1.29 is 9.53 Å². The monoisotopic (exact) mass is 266 g/mol. The number of ether oxygens (including phenoxy) is 1. The Kier molecular flexibility index (Phi) is 14.2. The number of hydrogen-bond acceptors (Lipinski definition) is 2. The summed E-state index contributed by atoms with van der Waals surface area (Å²) < 4.78 is 4.89. The summed E-state index contributed by atoms with van der Waals surface area (Å²) >= 11 is 0. The van der Waals surface area contributed by atoms with Crippen molar-refractivity contribution in [1.82, 2.24) is 0 Å². The lowest BCUT2D eigenvalue weighted by Crippen LogP contribution is -2.00. The van der Waals surface area contributed by atoms with Crippen molar-refractivity contribution in [2.45, 2.75) is 77.6 Å². The zero-order chi connectivity index (χ0) is 14.2. The van der Waals surface area contributed by atoms with Crippen molar-refractivity contribution in [3.05, 3.63) is 18.4 Å². The highest BCUT2D eigenvalue weighted by atomic mass is 16.5. The van der Waals surface area contributed by atoms with Gasteiger partial charge in [0.05, 0.1) is 6.61 Å². The first-order chi connectivity index (χ1) is 9.27. The fourth-order valence-electron chi connectivity index (χ4n) is 2.08. The Labute approximate surface area is 118 Å². The van der Waals surface area contributed by atoms with Crippen LogP contribution in [0.25, 0.3) is 0 Å². The zero-order valence-corrected chi connectivity index (χ0v) is 12.6. The maximum atomic E-state index is 10.5. The third-order valence-corrected chi connectivity index (χ3v) is 3.19. The van der Waals surface area contributed by atoms with E-state index >= 15 is 0 Å². The van der Waals surface area contributed by atoms with E-state index < -0.39 is 0 Å². The molecule has 0 saturated heterocycles. The molecule has 0 aliphatic rings. The zero-order valence-electron chi connectivity index (χ0n) is 12.6.